The molecule has 1 saturated heterocycles. The summed E-state index contributed by atoms with van der Waals surface area (Å²) in [6.45, 7) is 2.13. The average Bonchev–Trinajstić information content (AvgIpc) is 3.47. The summed E-state index contributed by atoms with van der Waals surface area (Å²) in [5.74, 6) is -1.36. The monoisotopic (exact) mass is 493 g/mol. The third-order valence-corrected chi connectivity index (χ3v) is 9.39. The number of piperidine rings is 1. The van der Waals surface area contributed by atoms with Gasteiger partial charge < -0.3 is 5.32 Å². The van der Waals surface area contributed by atoms with Crippen molar-refractivity contribution in [3.05, 3.63) is 41.8 Å². The number of thiophene rings is 1. The number of nitrogens with one attached hydrogen (secondary N) is 3. The summed E-state index contributed by atoms with van der Waals surface area (Å²) in [4.78, 5) is 29.4. The number of hydrogen-bond donors (Lipinski definition) is 3. The molecule has 3 heterocycles. The number of fused-ring (bicyclic) bond motifs is 1. The highest BCUT2D eigenvalue weighted by atomic mass is 32.2. The molecule has 1 aliphatic rings. The number of carbonyl (C=O) groups excluding carboxylic acids is 2. The fourth-order valence-electron chi connectivity index (χ4n) is 3.43. The Morgan fingerprint density at radius 3 is 2.75 bits per heavy atom. The number of benzene rings is 1. The van der Waals surface area contributed by atoms with Gasteiger partial charge in [0, 0.05) is 13.1 Å². The molecule has 4 rings (SSSR count). The van der Waals surface area contributed by atoms with Gasteiger partial charge in [-0.2, -0.15) is 4.31 Å². The van der Waals surface area contributed by atoms with Gasteiger partial charge in [-0.15, -0.1) is 11.3 Å². The first-order chi connectivity index (χ1) is 15.3. The Morgan fingerprint density at radius 1 is 1.19 bits per heavy atom. The molecule has 0 aliphatic carbocycles. The molecule has 0 saturated carbocycles. The molecule has 2 atom stereocenters. The molecule has 9 nitrogen and oxygen atoms in total. The second kappa shape index (κ2) is 9.53. The Morgan fingerprint density at radius 2 is 2.00 bits per heavy atom. The number of rotatable bonds is 6. The van der Waals surface area contributed by atoms with Crippen molar-refractivity contribution < 1.29 is 18.0 Å². The maximum atomic E-state index is 12.7. The zero-order chi connectivity index (χ0) is 22.7. The maximum absolute atomic E-state index is 12.7. The SMILES string of the molecule is C[C@H](Nc1nc2ccccc2s1)C(=O)NNC(=O)[C@H]1CCCN(S(=O)(=O)c2cccs2)C1. The standard InChI is InChI=1S/C20H23N5O4S3/c1-13(21-20-22-15-7-2-3-8-16(15)31-20)18(26)23-24-19(27)14-6-4-10-25(12-14)32(28,29)17-9-5-11-30-17/h2-3,5,7-9,11,13-14H,4,6,10,12H2,1H3,(H,21,22)(H,23,26)(H,24,27)/t13-,14-/m0/s1. The number of aromatic nitrogens is 1. The van der Waals surface area contributed by atoms with E-state index >= 15 is 0 Å². The lowest BCUT2D eigenvalue weighted by Crippen LogP contribution is -2.52. The Balaban J connectivity index is 1.30. The Bertz CT molecular complexity index is 1180. The van der Waals surface area contributed by atoms with E-state index in [0.29, 0.717) is 24.5 Å². The number of hydrogen-bond acceptors (Lipinski definition) is 8. The van der Waals surface area contributed by atoms with Crippen LogP contribution in [0.4, 0.5) is 5.13 Å². The fourth-order valence-corrected chi connectivity index (χ4v) is 7.05. The van der Waals surface area contributed by atoms with Gasteiger partial charge in [0.2, 0.25) is 5.91 Å². The van der Waals surface area contributed by atoms with E-state index in [1.807, 2.05) is 24.3 Å². The van der Waals surface area contributed by atoms with E-state index < -0.39 is 33.8 Å². The van der Waals surface area contributed by atoms with Gasteiger partial charge in [0.25, 0.3) is 15.9 Å². The molecule has 3 aromatic rings. The highest BCUT2D eigenvalue weighted by Gasteiger charge is 2.34. The predicted molar refractivity (Wildman–Crippen MR) is 125 cm³/mol. The minimum absolute atomic E-state index is 0.0848. The van der Waals surface area contributed by atoms with Crippen LogP contribution in [-0.2, 0) is 19.6 Å². The number of anilines is 1. The summed E-state index contributed by atoms with van der Waals surface area (Å²) < 4.78 is 28.1. The Labute approximate surface area is 193 Å². The number of hydrazine groups is 1. The minimum Gasteiger partial charge on any atom is -0.350 e. The van der Waals surface area contributed by atoms with Crippen LogP contribution in [0.2, 0.25) is 0 Å². The second-order valence-corrected chi connectivity index (χ2v) is 11.6. The first-order valence-corrected chi connectivity index (χ1v) is 13.2. The molecule has 2 amide bonds. The van der Waals surface area contributed by atoms with Crippen molar-refractivity contribution in [1.29, 1.82) is 0 Å². The molecular weight excluding hydrogens is 470 g/mol. The van der Waals surface area contributed by atoms with E-state index in [-0.39, 0.29) is 10.8 Å². The van der Waals surface area contributed by atoms with Crippen molar-refractivity contribution in [2.24, 2.45) is 5.92 Å². The highest BCUT2D eigenvalue weighted by molar-refractivity contribution is 7.91. The number of sulfonamides is 1. The van der Waals surface area contributed by atoms with E-state index in [9.17, 15) is 18.0 Å². The molecule has 0 radical (unpaired) electrons. The molecule has 1 aliphatic heterocycles. The number of para-hydroxylation sites is 1. The molecule has 12 heteroatoms. The van der Waals surface area contributed by atoms with Crippen LogP contribution in [0.1, 0.15) is 19.8 Å². The number of nitrogens with zero attached hydrogens (tertiary/aromatic N) is 2. The zero-order valence-corrected chi connectivity index (χ0v) is 19.7. The first kappa shape index (κ1) is 22.6. The molecule has 0 bridgehead atoms. The lowest BCUT2D eigenvalue weighted by atomic mass is 9.99. The largest absolute Gasteiger partial charge is 0.350 e. The van der Waals surface area contributed by atoms with Gasteiger partial charge in [-0.25, -0.2) is 13.4 Å². The van der Waals surface area contributed by atoms with Crippen LogP contribution >= 0.6 is 22.7 Å². The van der Waals surface area contributed by atoms with Crippen molar-refractivity contribution in [3.63, 3.8) is 0 Å². The molecule has 170 valence electrons. The molecule has 0 unspecified atom stereocenters. The van der Waals surface area contributed by atoms with Crippen molar-refractivity contribution in [2.75, 3.05) is 18.4 Å². The van der Waals surface area contributed by atoms with Gasteiger partial charge in [-0.3, -0.25) is 20.4 Å². The van der Waals surface area contributed by atoms with Crippen molar-refractivity contribution in [1.82, 2.24) is 20.1 Å². The van der Waals surface area contributed by atoms with E-state index in [1.54, 1.807) is 24.4 Å². The maximum Gasteiger partial charge on any atom is 0.260 e. The van der Waals surface area contributed by atoms with E-state index in [2.05, 4.69) is 21.2 Å². The number of thiazole rings is 1. The van der Waals surface area contributed by atoms with Crippen LogP contribution in [0.5, 0.6) is 0 Å². The molecule has 1 fully saturated rings. The van der Waals surface area contributed by atoms with E-state index in [1.165, 1.54) is 15.6 Å². The smallest absolute Gasteiger partial charge is 0.260 e. The molecule has 0 spiro atoms. The molecule has 32 heavy (non-hydrogen) atoms. The molecule has 1 aromatic carbocycles. The lowest BCUT2D eigenvalue weighted by Gasteiger charge is -2.30. The average molecular weight is 494 g/mol. The summed E-state index contributed by atoms with van der Waals surface area (Å²) in [7, 11) is -3.61. The molecule has 3 N–H and O–H groups in total. The third-order valence-electron chi connectivity index (χ3n) is 5.18. The quantitative estimate of drug-likeness (QED) is 0.454. The van der Waals surface area contributed by atoms with E-state index in [0.717, 1.165) is 21.6 Å². The van der Waals surface area contributed by atoms with Gasteiger partial charge in [0.05, 0.1) is 16.1 Å². The van der Waals surface area contributed by atoms with Gasteiger partial charge in [0.1, 0.15) is 10.3 Å². The van der Waals surface area contributed by atoms with Gasteiger partial charge in [-0.05, 0) is 43.3 Å². The summed E-state index contributed by atoms with van der Waals surface area (Å²) in [6, 6.07) is 10.3. The first-order valence-electron chi connectivity index (χ1n) is 10.1. The zero-order valence-electron chi connectivity index (χ0n) is 17.3. The highest BCUT2D eigenvalue weighted by Crippen LogP contribution is 2.27. The van der Waals surface area contributed by atoms with Gasteiger partial charge >= 0.3 is 0 Å². The summed E-state index contributed by atoms with van der Waals surface area (Å²) in [6.07, 6.45) is 1.13. The topological polar surface area (TPSA) is 120 Å². The van der Waals surface area contributed by atoms with Crippen LogP contribution in [0, 0.1) is 5.92 Å². The number of carbonyl (C=O) groups is 2. The van der Waals surface area contributed by atoms with Crippen LogP contribution in [0.3, 0.4) is 0 Å². The molecular formula is C20H23N5O4S3. The summed E-state index contributed by atoms with van der Waals surface area (Å²) in [5.41, 5.74) is 5.71. The normalized spacial score (nSPS) is 18.2. The third kappa shape index (κ3) is 4.93. The minimum atomic E-state index is -3.61. The Hall–Kier alpha value is -2.54. The second-order valence-electron chi connectivity index (χ2n) is 7.47. The van der Waals surface area contributed by atoms with Crippen LogP contribution in [0.15, 0.2) is 46.0 Å². The van der Waals surface area contributed by atoms with Gasteiger partial charge in [0.15, 0.2) is 5.13 Å². The molecule has 2 aromatic heterocycles. The van der Waals surface area contributed by atoms with Crippen molar-refractivity contribution in [3.8, 4) is 0 Å². The number of amides is 2. The van der Waals surface area contributed by atoms with Crippen molar-refractivity contribution in [2.45, 2.75) is 30.0 Å². The van der Waals surface area contributed by atoms with E-state index in [4.69, 9.17) is 0 Å². The Kier molecular flexibility index (Phi) is 6.74. The van der Waals surface area contributed by atoms with Crippen LogP contribution in [0.25, 0.3) is 10.2 Å². The predicted octanol–water partition coefficient (Wildman–Crippen LogP) is 2.41. The summed E-state index contributed by atoms with van der Waals surface area (Å²) in [5, 5.41) is 5.36. The van der Waals surface area contributed by atoms with Gasteiger partial charge in [-0.1, -0.05) is 29.5 Å². The fraction of sp³-hybridized carbons (Fsp3) is 0.350. The van der Waals surface area contributed by atoms with Crippen molar-refractivity contribution >= 4 is 59.9 Å². The summed E-state index contributed by atoms with van der Waals surface area (Å²) >= 11 is 2.59. The van der Waals surface area contributed by atoms with Crippen LogP contribution in [-0.4, -0.2) is 48.7 Å². The lowest BCUT2D eigenvalue weighted by molar-refractivity contribution is -0.132. The van der Waals surface area contributed by atoms with Crippen LogP contribution < -0.4 is 16.2 Å².